The first kappa shape index (κ1) is 19.5. The van der Waals surface area contributed by atoms with Crippen LogP contribution in [0.15, 0.2) is 53.2 Å². The van der Waals surface area contributed by atoms with Crippen molar-refractivity contribution in [2.75, 3.05) is 17.8 Å². The van der Waals surface area contributed by atoms with Gasteiger partial charge in [0.25, 0.3) is 5.91 Å². The summed E-state index contributed by atoms with van der Waals surface area (Å²) in [6.45, 7) is 2.05. The van der Waals surface area contributed by atoms with Crippen LogP contribution in [-0.4, -0.2) is 23.9 Å². The lowest BCUT2D eigenvalue weighted by molar-refractivity contribution is -0.113. The van der Waals surface area contributed by atoms with Crippen LogP contribution in [0.3, 0.4) is 0 Å². The molecule has 4 nitrogen and oxygen atoms in total. The summed E-state index contributed by atoms with van der Waals surface area (Å²) in [5, 5.41) is 0.525. The van der Waals surface area contributed by atoms with Gasteiger partial charge in [0, 0.05) is 5.75 Å². The Balaban J connectivity index is 1.96. The fourth-order valence-corrected chi connectivity index (χ4v) is 3.54. The van der Waals surface area contributed by atoms with Gasteiger partial charge in [0.1, 0.15) is 17.3 Å². The van der Waals surface area contributed by atoms with Crippen LogP contribution in [0, 0.1) is 5.82 Å². The van der Waals surface area contributed by atoms with Crippen LogP contribution < -0.4 is 9.64 Å². The molecule has 0 fully saturated rings. The van der Waals surface area contributed by atoms with Crippen LogP contribution in [0.1, 0.15) is 18.9 Å². The largest absolute Gasteiger partial charge is 0.497 e. The van der Waals surface area contributed by atoms with Gasteiger partial charge < -0.3 is 4.74 Å². The molecule has 0 saturated carbocycles. The molecule has 1 heterocycles. The fraction of sp³-hybridized carbons (Fsp3) is 0.200. The zero-order valence-corrected chi connectivity index (χ0v) is 16.5. The molecule has 2 aromatic rings. The molecular weight excluding hydrogens is 387 g/mol. The maximum absolute atomic E-state index is 13.5. The Bertz CT molecular complexity index is 913. The van der Waals surface area contributed by atoms with Crippen LogP contribution in [0.25, 0.3) is 6.08 Å². The molecule has 2 aromatic carbocycles. The van der Waals surface area contributed by atoms with Crippen molar-refractivity contribution in [2.24, 2.45) is 4.99 Å². The van der Waals surface area contributed by atoms with E-state index in [0.29, 0.717) is 16.6 Å². The second-order valence-electron chi connectivity index (χ2n) is 5.78. The minimum absolute atomic E-state index is 0.0345. The Labute approximate surface area is 166 Å². The molecule has 1 aliphatic heterocycles. The van der Waals surface area contributed by atoms with Crippen molar-refractivity contribution < 1.29 is 13.9 Å². The fourth-order valence-electron chi connectivity index (χ4n) is 2.50. The third-order valence-corrected chi connectivity index (χ3v) is 5.28. The number of halogens is 2. The number of hydrogen-bond donors (Lipinski definition) is 0. The van der Waals surface area contributed by atoms with Crippen LogP contribution in [0.5, 0.6) is 5.75 Å². The number of carbonyl (C=O) groups excluding carboxylic acids is 1. The van der Waals surface area contributed by atoms with Gasteiger partial charge in [-0.25, -0.2) is 9.38 Å². The van der Waals surface area contributed by atoms with Crippen molar-refractivity contribution >= 4 is 46.2 Å². The van der Waals surface area contributed by atoms with E-state index in [1.54, 1.807) is 13.2 Å². The minimum Gasteiger partial charge on any atom is -0.497 e. The molecule has 1 aliphatic rings. The number of benzene rings is 2. The van der Waals surface area contributed by atoms with Crippen molar-refractivity contribution in [1.82, 2.24) is 0 Å². The molecule has 0 bridgehead atoms. The number of methoxy groups -OCH3 is 1. The zero-order valence-electron chi connectivity index (χ0n) is 14.9. The van der Waals surface area contributed by atoms with Crippen LogP contribution in [-0.2, 0) is 4.79 Å². The highest BCUT2D eigenvalue weighted by Crippen LogP contribution is 2.32. The summed E-state index contributed by atoms with van der Waals surface area (Å²) in [5.41, 5.74) is 1.65. The van der Waals surface area contributed by atoms with Gasteiger partial charge in [-0.2, -0.15) is 0 Å². The SMILES string of the molecule is CCCSC1=NC(=Cc2ccc(OC)cc2)C(=O)N1c1ccc(F)c(Cl)c1. The molecule has 0 unspecified atom stereocenters. The second kappa shape index (κ2) is 8.59. The number of amides is 1. The molecule has 140 valence electrons. The van der Waals surface area contributed by atoms with Crippen LogP contribution in [0.2, 0.25) is 5.02 Å². The smallest absolute Gasteiger partial charge is 0.283 e. The summed E-state index contributed by atoms with van der Waals surface area (Å²) in [5.74, 6) is 0.751. The molecule has 1 amide bonds. The summed E-state index contributed by atoms with van der Waals surface area (Å²) >= 11 is 7.38. The number of rotatable bonds is 5. The van der Waals surface area contributed by atoms with E-state index in [2.05, 4.69) is 11.9 Å². The van der Waals surface area contributed by atoms with E-state index in [0.717, 1.165) is 23.5 Å². The molecule has 0 aromatic heterocycles. The highest BCUT2D eigenvalue weighted by Gasteiger charge is 2.32. The quantitative estimate of drug-likeness (QED) is 0.628. The number of anilines is 1. The van der Waals surface area contributed by atoms with Gasteiger partial charge in [0.05, 0.1) is 17.8 Å². The highest BCUT2D eigenvalue weighted by molar-refractivity contribution is 8.14. The van der Waals surface area contributed by atoms with Crippen molar-refractivity contribution in [3.05, 3.63) is 64.6 Å². The number of carbonyl (C=O) groups is 1. The number of nitrogens with zero attached hydrogens (tertiary/aromatic N) is 2. The van der Waals surface area contributed by atoms with Crippen LogP contribution >= 0.6 is 23.4 Å². The zero-order chi connectivity index (χ0) is 19.4. The molecule has 0 aliphatic carbocycles. The molecule has 0 spiro atoms. The Morgan fingerprint density at radius 3 is 2.63 bits per heavy atom. The van der Waals surface area contributed by atoms with Gasteiger partial charge in [-0.05, 0) is 48.4 Å². The van der Waals surface area contributed by atoms with E-state index in [1.165, 1.54) is 34.9 Å². The van der Waals surface area contributed by atoms with Crippen molar-refractivity contribution in [3.63, 3.8) is 0 Å². The Kier molecular flexibility index (Phi) is 6.19. The average Bonchev–Trinajstić information content (AvgIpc) is 2.98. The number of thioether (sulfide) groups is 1. The van der Waals surface area contributed by atoms with E-state index < -0.39 is 5.82 Å². The molecule has 0 N–H and O–H groups in total. The first-order chi connectivity index (χ1) is 13.0. The van der Waals surface area contributed by atoms with Crippen LogP contribution in [0.4, 0.5) is 10.1 Å². The van der Waals surface area contributed by atoms with E-state index in [-0.39, 0.29) is 10.9 Å². The number of amidine groups is 1. The summed E-state index contributed by atoms with van der Waals surface area (Å²) in [7, 11) is 1.60. The lowest BCUT2D eigenvalue weighted by Crippen LogP contribution is -2.30. The normalized spacial score (nSPS) is 15.4. The first-order valence-corrected chi connectivity index (χ1v) is 9.76. The number of hydrogen-bond acceptors (Lipinski definition) is 4. The van der Waals surface area contributed by atoms with Crippen molar-refractivity contribution in [1.29, 1.82) is 0 Å². The molecule has 0 radical (unpaired) electrons. The molecule has 0 atom stereocenters. The minimum atomic E-state index is -0.527. The van der Waals surface area contributed by atoms with Crippen molar-refractivity contribution in [2.45, 2.75) is 13.3 Å². The Morgan fingerprint density at radius 1 is 1.26 bits per heavy atom. The van der Waals surface area contributed by atoms with Gasteiger partial charge in [-0.15, -0.1) is 0 Å². The third kappa shape index (κ3) is 4.34. The number of ether oxygens (including phenoxy) is 1. The molecule has 0 saturated heterocycles. The lowest BCUT2D eigenvalue weighted by Gasteiger charge is -2.18. The third-order valence-electron chi connectivity index (χ3n) is 3.85. The summed E-state index contributed by atoms with van der Waals surface area (Å²) < 4.78 is 18.7. The van der Waals surface area contributed by atoms with Gasteiger partial charge >= 0.3 is 0 Å². The monoisotopic (exact) mass is 404 g/mol. The summed E-state index contributed by atoms with van der Waals surface area (Å²) in [6, 6.07) is 11.6. The van der Waals surface area contributed by atoms with E-state index in [9.17, 15) is 9.18 Å². The molecular formula is C20H18ClFN2O2S. The molecule has 3 rings (SSSR count). The number of aliphatic imine (C=N–C) groups is 1. The summed E-state index contributed by atoms with van der Waals surface area (Å²) in [6.07, 6.45) is 2.66. The topological polar surface area (TPSA) is 41.9 Å². The maximum atomic E-state index is 13.5. The van der Waals surface area contributed by atoms with Gasteiger partial charge in [-0.1, -0.05) is 42.4 Å². The average molecular weight is 405 g/mol. The Morgan fingerprint density at radius 2 is 2.00 bits per heavy atom. The summed E-state index contributed by atoms with van der Waals surface area (Å²) in [4.78, 5) is 18.9. The van der Waals surface area contributed by atoms with Gasteiger partial charge in [-0.3, -0.25) is 9.69 Å². The second-order valence-corrected chi connectivity index (χ2v) is 7.25. The van der Waals surface area contributed by atoms with Gasteiger partial charge in [0.2, 0.25) is 0 Å². The predicted molar refractivity (Wildman–Crippen MR) is 110 cm³/mol. The van der Waals surface area contributed by atoms with E-state index in [4.69, 9.17) is 16.3 Å². The van der Waals surface area contributed by atoms with Gasteiger partial charge in [0.15, 0.2) is 5.17 Å². The van der Waals surface area contributed by atoms with E-state index in [1.807, 2.05) is 24.3 Å². The predicted octanol–water partition coefficient (Wildman–Crippen LogP) is 5.37. The highest BCUT2D eigenvalue weighted by atomic mass is 35.5. The Hall–Kier alpha value is -2.31. The standard InChI is InChI=1S/C20H18ClFN2O2S/c1-3-10-27-20-23-18(11-13-4-7-15(26-2)8-5-13)19(25)24(20)14-6-9-17(22)16(21)12-14/h4-9,11-12H,3,10H2,1-2H3. The van der Waals surface area contributed by atoms with Crippen molar-refractivity contribution in [3.8, 4) is 5.75 Å². The molecule has 27 heavy (non-hydrogen) atoms. The lowest BCUT2D eigenvalue weighted by atomic mass is 10.2. The first-order valence-electron chi connectivity index (χ1n) is 8.40. The maximum Gasteiger partial charge on any atom is 0.283 e. The molecule has 7 heteroatoms. The van der Waals surface area contributed by atoms with E-state index >= 15 is 0 Å².